The average molecular weight is 395 g/mol. The van der Waals surface area contributed by atoms with E-state index in [2.05, 4.69) is 5.32 Å². The lowest BCUT2D eigenvalue weighted by molar-refractivity contribution is -0.154. The first kappa shape index (κ1) is 22.7. The number of likely N-dealkylation sites (tertiary alicyclic amines) is 1. The van der Waals surface area contributed by atoms with E-state index in [0.717, 1.165) is 32.1 Å². The molecule has 1 unspecified atom stereocenters. The molecule has 160 valence electrons. The van der Waals surface area contributed by atoms with Crippen LogP contribution in [0.2, 0.25) is 0 Å². The van der Waals surface area contributed by atoms with Crippen molar-refractivity contribution in [2.24, 2.45) is 5.92 Å². The van der Waals surface area contributed by atoms with Crippen LogP contribution >= 0.6 is 0 Å². The Bertz CT molecular complexity index is 497. The van der Waals surface area contributed by atoms with Crippen LogP contribution < -0.4 is 5.32 Å². The standard InChI is InChI=1S/C22H38N2O4/c1-2-28-22(27)18-13-12-16-24(17-18)21(26)20(25)23-19-14-10-8-6-4-3-5-7-9-11-15-19/h18-19H,2-17H2,1H3,(H,23,25). The first-order valence-electron chi connectivity index (χ1n) is 11.4. The number of hydrogen-bond donors (Lipinski definition) is 1. The van der Waals surface area contributed by atoms with Gasteiger partial charge in [0.15, 0.2) is 0 Å². The lowest BCUT2D eigenvalue weighted by atomic mass is 9.97. The molecule has 0 spiro atoms. The summed E-state index contributed by atoms with van der Waals surface area (Å²) in [5, 5.41) is 2.99. The Morgan fingerprint density at radius 2 is 1.43 bits per heavy atom. The zero-order valence-electron chi connectivity index (χ0n) is 17.5. The monoisotopic (exact) mass is 394 g/mol. The van der Waals surface area contributed by atoms with Gasteiger partial charge in [0.25, 0.3) is 0 Å². The van der Waals surface area contributed by atoms with Crippen molar-refractivity contribution in [1.82, 2.24) is 10.2 Å². The predicted octanol–water partition coefficient (Wildman–Crippen LogP) is 3.58. The number of nitrogens with one attached hydrogen (secondary N) is 1. The second-order valence-corrected chi connectivity index (χ2v) is 8.27. The van der Waals surface area contributed by atoms with Gasteiger partial charge in [-0.25, -0.2) is 0 Å². The lowest BCUT2D eigenvalue weighted by Gasteiger charge is -2.31. The van der Waals surface area contributed by atoms with E-state index in [1.54, 1.807) is 6.92 Å². The van der Waals surface area contributed by atoms with Crippen LogP contribution in [0.25, 0.3) is 0 Å². The molecule has 0 bridgehead atoms. The first-order valence-corrected chi connectivity index (χ1v) is 11.4. The van der Waals surface area contributed by atoms with Gasteiger partial charge in [0, 0.05) is 19.1 Å². The van der Waals surface area contributed by atoms with Crippen molar-refractivity contribution in [3.05, 3.63) is 0 Å². The molecule has 1 aliphatic carbocycles. The molecule has 1 saturated heterocycles. The van der Waals surface area contributed by atoms with Gasteiger partial charge in [-0.05, 0) is 32.6 Å². The molecule has 0 aromatic carbocycles. The van der Waals surface area contributed by atoms with Gasteiger partial charge in [-0.2, -0.15) is 0 Å². The Morgan fingerprint density at radius 1 is 0.857 bits per heavy atom. The minimum absolute atomic E-state index is 0.0847. The normalized spacial score (nSPS) is 23.2. The Morgan fingerprint density at radius 3 is 2.00 bits per heavy atom. The van der Waals surface area contributed by atoms with Gasteiger partial charge in [0.1, 0.15) is 0 Å². The Kier molecular flexibility index (Phi) is 10.4. The minimum Gasteiger partial charge on any atom is -0.466 e. The highest BCUT2D eigenvalue weighted by molar-refractivity contribution is 6.35. The molecule has 2 rings (SSSR count). The van der Waals surface area contributed by atoms with Gasteiger partial charge in [-0.3, -0.25) is 14.4 Å². The van der Waals surface area contributed by atoms with Crippen LogP contribution in [0.5, 0.6) is 0 Å². The van der Waals surface area contributed by atoms with E-state index < -0.39 is 11.8 Å². The van der Waals surface area contributed by atoms with Crippen LogP contribution in [0.15, 0.2) is 0 Å². The molecule has 0 aromatic rings. The van der Waals surface area contributed by atoms with Crippen molar-refractivity contribution in [1.29, 1.82) is 0 Å². The maximum atomic E-state index is 12.6. The SMILES string of the molecule is CCOC(=O)C1CCCN(C(=O)C(=O)NC2CCCCCCCCCCC2)C1. The van der Waals surface area contributed by atoms with Crippen LogP contribution in [0, 0.1) is 5.92 Å². The number of nitrogens with zero attached hydrogens (tertiary/aromatic N) is 1. The number of carbonyl (C=O) groups is 3. The number of carbonyl (C=O) groups excluding carboxylic acids is 3. The molecule has 0 radical (unpaired) electrons. The van der Waals surface area contributed by atoms with E-state index in [1.807, 2.05) is 0 Å². The highest BCUT2D eigenvalue weighted by Gasteiger charge is 2.32. The third-order valence-electron chi connectivity index (χ3n) is 5.96. The zero-order valence-corrected chi connectivity index (χ0v) is 17.5. The maximum Gasteiger partial charge on any atom is 0.311 e. The van der Waals surface area contributed by atoms with E-state index in [9.17, 15) is 14.4 Å². The summed E-state index contributed by atoms with van der Waals surface area (Å²) >= 11 is 0. The molecule has 1 aliphatic heterocycles. The Labute approximate surface area is 169 Å². The third kappa shape index (κ3) is 7.80. The second kappa shape index (κ2) is 12.8. The molecule has 2 aliphatic rings. The number of hydrogen-bond acceptors (Lipinski definition) is 4. The van der Waals surface area contributed by atoms with Crippen molar-refractivity contribution in [2.45, 2.75) is 96.4 Å². The quantitative estimate of drug-likeness (QED) is 0.586. The predicted molar refractivity (Wildman–Crippen MR) is 109 cm³/mol. The fourth-order valence-corrected chi connectivity index (χ4v) is 4.31. The number of ether oxygens (including phenoxy) is 1. The molecule has 0 aromatic heterocycles. The van der Waals surface area contributed by atoms with Crippen molar-refractivity contribution in [3.8, 4) is 0 Å². The van der Waals surface area contributed by atoms with Crippen LogP contribution in [0.4, 0.5) is 0 Å². The summed E-state index contributed by atoms with van der Waals surface area (Å²) < 4.78 is 5.08. The molecule has 1 saturated carbocycles. The molecule has 1 heterocycles. The lowest BCUT2D eigenvalue weighted by Crippen LogP contribution is -2.50. The van der Waals surface area contributed by atoms with Crippen molar-refractivity contribution < 1.29 is 19.1 Å². The summed E-state index contributed by atoms with van der Waals surface area (Å²) in [5.41, 5.74) is 0. The molecule has 1 atom stereocenters. The van der Waals surface area contributed by atoms with Crippen LogP contribution in [-0.4, -0.2) is 48.4 Å². The number of amides is 2. The van der Waals surface area contributed by atoms with Crippen molar-refractivity contribution >= 4 is 17.8 Å². The fourth-order valence-electron chi connectivity index (χ4n) is 4.31. The largest absolute Gasteiger partial charge is 0.466 e. The van der Waals surface area contributed by atoms with Gasteiger partial charge < -0.3 is 15.0 Å². The molecular weight excluding hydrogens is 356 g/mol. The highest BCUT2D eigenvalue weighted by atomic mass is 16.5. The number of rotatable bonds is 3. The van der Waals surface area contributed by atoms with E-state index in [0.29, 0.717) is 19.6 Å². The summed E-state index contributed by atoms with van der Waals surface area (Å²) in [6.45, 7) is 2.94. The topological polar surface area (TPSA) is 75.7 Å². The van der Waals surface area contributed by atoms with Gasteiger partial charge in [-0.15, -0.1) is 0 Å². The maximum absolute atomic E-state index is 12.6. The summed E-state index contributed by atoms with van der Waals surface area (Å²) in [6, 6.07) is 0.0847. The summed E-state index contributed by atoms with van der Waals surface area (Å²) in [6.07, 6.45) is 14.5. The minimum atomic E-state index is -0.512. The molecule has 6 nitrogen and oxygen atoms in total. The molecule has 1 N–H and O–H groups in total. The average Bonchev–Trinajstić information content (AvgIpc) is 2.69. The fraction of sp³-hybridized carbons (Fsp3) is 0.864. The number of piperidine rings is 1. The molecule has 2 fully saturated rings. The third-order valence-corrected chi connectivity index (χ3v) is 5.96. The molecule has 6 heteroatoms. The van der Waals surface area contributed by atoms with Gasteiger partial charge >= 0.3 is 17.8 Å². The Hall–Kier alpha value is -1.59. The molecule has 28 heavy (non-hydrogen) atoms. The smallest absolute Gasteiger partial charge is 0.311 e. The van der Waals surface area contributed by atoms with E-state index in [-0.39, 0.29) is 24.5 Å². The molecule has 2 amide bonds. The second-order valence-electron chi connectivity index (χ2n) is 8.27. The zero-order chi connectivity index (χ0) is 20.2. The first-order chi connectivity index (χ1) is 13.6. The number of esters is 1. The van der Waals surface area contributed by atoms with Gasteiger partial charge in [0.05, 0.1) is 12.5 Å². The van der Waals surface area contributed by atoms with Gasteiger partial charge in [0.2, 0.25) is 0 Å². The van der Waals surface area contributed by atoms with Crippen LogP contribution in [0.1, 0.15) is 90.4 Å². The van der Waals surface area contributed by atoms with E-state index >= 15 is 0 Å². The van der Waals surface area contributed by atoms with E-state index in [4.69, 9.17) is 4.74 Å². The van der Waals surface area contributed by atoms with Crippen LogP contribution in [-0.2, 0) is 19.1 Å². The van der Waals surface area contributed by atoms with Gasteiger partial charge in [-0.1, -0.05) is 57.8 Å². The molecular formula is C22H38N2O4. The van der Waals surface area contributed by atoms with Crippen LogP contribution in [0.3, 0.4) is 0 Å². The van der Waals surface area contributed by atoms with Crippen molar-refractivity contribution in [2.75, 3.05) is 19.7 Å². The Balaban J connectivity index is 1.84. The highest BCUT2D eigenvalue weighted by Crippen LogP contribution is 2.19. The summed E-state index contributed by atoms with van der Waals surface area (Å²) in [5.74, 6) is -1.59. The summed E-state index contributed by atoms with van der Waals surface area (Å²) in [4.78, 5) is 38.7. The van der Waals surface area contributed by atoms with E-state index in [1.165, 1.54) is 49.8 Å². The summed E-state index contributed by atoms with van der Waals surface area (Å²) in [7, 11) is 0. The van der Waals surface area contributed by atoms with Crippen molar-refractivity contribution in [3.63, 3.8) is 0 Å².